The predicted molar refractivity (Wildman–Crippen MR) is 62.4 cm³/mol. The molecule has 0 aromatic carbocycles. The van der Waals surface area contributed by atoms with Crippen LogP contribution in [-0.4, -0.2) is 21.0 Å². The molecule has 0 radical (unpaired) electrons. The van der Waals surface area contributed by atoms with Gasteiger partial charge in [-0.05, 0) is 13.8 Å². The van der Waals surface area contributed by atoms with Crippen LogP contribution in [0.3, 0.4) is 0 Å². The quantitative estimate of drug-likeness (QED) is 0.869. The second kappa shape index (κ2) is 4.54. The van der Waals surface area contributed by atoms with E-state index in [9.17, 15) is 4.79 Å². The van der Waals surface area contributed by atoms with Gasteiger partial charge in [-0.1, -0.05) is 0 Å². The molecule has 0 aliphatic rings. The Bertz CT molecular complexity index is 534. The number of hydrogen-bond donors (Lipinski definition) is 2. The van der Waals surface area contributed by atoms with Gasteiger partial charge in [0, 0.05) is 5.38 Å². The van der Waals surface area contributed by atoms with Crippen molar-refractivity contribution in [1.29, 1.82) is 0 Å². The molecule has 6 nitrogen and oxygen atoms in total. The first-order valence-electron chi connectivity index (χ1n) is 4.94. The summed E-state index contributed by atoms with van der Waals surface area (Å²) in [6.07, 6.45) is 1.64. The maximum absolute atomic E-state index is 10.7. The Balaban J connectivity index is 2.07. The molecule has 2 aromatic rings. The van der Waals surface area contributed by atoms with Crippen molar-refractivity contribution in [2.24, 2.45) is 0 Å². The summed E-state index contributed by atoms with van der Waals surface area (Å²) in [7, 11) is 0. The van der Waals surface area contributed by atoms with Crippen LogP contribution in [0, 0.1) is 6.92 Å². The van der Waals surface area contributed by atoms with Crippen molar-refractivity contribution in [3.05, 3.63) is 28.9 Å². The summed E-state index contributed by atoms with van der Waals surface area (Å²) in [5.41, 5.74) is 0.0354. The van der Waals surface area contributed by atoms with E-state index in [0.29, 0.717) is 11.0 Å². The van der Waals surface area contributed by atoms with E-state index < -0.39 is 5.97 Å². The van der Waals surface area contributed by atoms with Gasteiger partial charge >= 0.3 is 5.97 Å². The Kier molecular flexibility index (Phi) is 3.10. The topological polar surface area (TPSA) is 88.2 Å². The van der Waals surface area contributed by atoms with Gasteiger partial charge in [0.1, 0.15) is 11.8 Å². The van der Waals surface area contributed by atoms with E-state index in [1.54, 1.807) is 6.20 Å². The smallest absolute Gasteiger partial charge is 0.355 e. The molecule has 1 unspecified atom stereocenters. The number of thiazole rings is 1. The third kappa shape index (κ3) is 2.62. The average Bonchev–Trinajstić information content (AvgIpc) is 2.86. The fraction of sp³-hybridized carbons (Fsp3) is 0.300. The van der Waals surface area contributed by atoms with Gasteiger partial charge in [-0.25, -0.2) is 14.8 Å². The lowest BCUT2D eigenvalue weighted by Crippen LogP contribution is -2.07. The monoisotopic (exact) mass is 253 g/mol. The third-order valence-electron chi connectivity index (χ3n) is 2.07. The highest BCUT2D eigenvalue weighted by molar-refractivity contribution is 7.13. The Labute approximate surface area is 101 Å². The van der Waals surface area contributed by atoms with Crippen LogP contribution in [0.25, 0.3) is 0 Å². The van der Waals surface area contributed by atoms with Crippen molar-refractivity contribution >= 4 is 22.4 Å². The van der Waals surface area contributed by atoms with Gasteiger partial charge in [0.25, 0.3) is 0 Å². The van der Waals surface area contributed by atoms with Gasteiger partial charge in [-0.15, -0.1) is 11.3 Å². The van der Waals surface area contributed by atoms with E-state index in [1.165, 1.54) is 16.7 Å². The summed E-state index contributed by atoms with van der Waals surface area (Å²) in [5, 5.41) is 13.8. The summed E-state index contributed by atoms with van der Waals surface area (Å²) < 4.78 is 5.36. The number of carboxylic acids is 1. The van der Waals surface area contributed by atoms with Gasteiger partial charge in [0.05, 0.1) is 6.20 Å². The molecule has 0 aliphatic heterocycles. The normalized spacial score (nSPS) is 12.4. The second-order valence-corrected chi connectivity index (χ2v) is 4.38. The number of nitrogens with one attached hydrogen (secondary N) is 1. The number of carbonyl (C=O) groups is 1. The number of carboxylic acid groups (broad SMARTS) is 1. The molecule has 17 heavy (non-hydrogen) atoms. The number of hydrogen-bond acceptors (Lipinski definition) is 6. The summed E-state index contributed by atoms with van der Waals surface area (Å²) in [6.45, 7) is 3.68. The molecular weight excluding hydrogens is 242 g/mol. The first kappa shape index (κ1) is 11.6. The van der Waals surface area contributed by atoms with Crippen molar-refractivity contribution in [2.45, 2.75) is 19.9 Å². The molecule has 90 valence electrons. The van der Waals surface area contributed by atoms with Crippen LogP contribution in [0.2, 0.25) is 0 Å². The molecule has 0 saturated heterocycles. The fourth-order valence-corrected chi connectivity index (χ4v) is 2.03. The number of aryl methyl sites for hydroxylation is 1. The standard InChI is InChI=1S/C10H11N3O3S/c1-5-3-11-8(16-5)6(2)12-10-13-7(4-17-10)9(14)15/h3-4,6H,1-2H3,(H,12,13)(H,14,15). The van der Waals surface area contributed by atoms with Gasteiger partial charge in [-0.2, -0.15) is 0 Å². The molecule has 2 N–H and O–H groups in total. The summed E-state index contributed by atoms with van der Waals surface area (Å²) in [5.74, 6) is 0.252. The molecular formula is C10H11N3O3S. The van der Waals surface area contributed by atoms with Crippen LogP contribution in [0.4, 0.5) is 5.13 Å². The molecule has 0 aliphatic carbocycles. The number of aromatic nitrogens is 2. The molecule has 2 aromatic heterocycles. The molecule has 2 rings (SSSR count). The minimum Gasteiger partial charge on any atom is -0.476 e. The van der Waals surface area contributed by atoms with E-state index in [4.69, 9.17) is 9.52 Å². The van der Waals surface area contributed by atoms with E-state index in [0.717, 1.165) is 5.76 Å². The zero-order valence-electron chi connectivity index (χ0n) is 9.30. The zero-order chi connectivity index (χ0) is 12.4. The lowest BCUT2D eigenvalue weighted by molar-refractivity contribution is 0.0691. The SMILES string of the molecule is Cc1cnc(C(C)Nc2nc(C(=O)O)cs2)o1. The van der Waals surface area contributed by atoms with Gasteiger partial charge in [0.2, 0.25) is 5.89 Å². The van der Waals surface area contributed by atoms with E-state index in [-0.39, 0.29) is 11.7 Å². The molecule has 0 saturated carbocycles. The number of nitrogens with zero attached hydrogens (tertiary/aromatic N) is 2. The van der Waals surface area contributed by atoms with Crippen LogP contribution in [0.1, 0.15) is 35.1 Å². The first-order chi connectivity index (χ1) is 8.06. The Morgan fingerprint density at radius 3 is 2.94 bits per heavy atom. The number of rotatable bonds is 4. The zero-order valence-corrected chi connectivity index (χ0v) is 10.1. The van der Waals surface area contributed by atoms with E-state index in [2.05, 4.69) is 15.3 Å². The van der Waals surface area contributed by atoms with Gasteiger partial charge < -0.3 is 14.8 Å². The Hall–Kier alpha value is -1.89. The lowest BCUT2D eigenvalue weighted by Gasteiger charge is -2.07. The third-order valence-corrected chi connectivity index (χ3v) is 2.85. The predicted octanol–water partition coefficient (Wildman–Crippen LogP) is 2.31. The van der Waals surface area contributed by atoms with Gasteiger partial charge in [-0.3, -0.25) is 0 Å². The minimum absolute atomic E-state index is 0.0354. The van der Waals surface area contributed by atoms with E-state index >= 15 is 0 Å². The van der Waals surface area contributed by atoms with Crippen LogP contribution in [0.15, 0.2) is 16.0 Å². The van der Waals surface area contributed by atoms with Crippen LogP contribution in [0.5, 0.6) is 0 Å². The highest BCUT2D eigenvalue weighted by Crippen LogP contribution is 2.22. The highest BCUT2D eigenvalue weighted by atomic mass is 32.1. The van der Waals surface area contributed by atoms with Crippen molar-refractivity contribution in [3.63, 3.8) is 0 Å². The van der Waals surface area contributed by atoms with Crippen molar-refractivity contribution in [3.8, 4) is 0 Å². The fourth-order valence-electron chi connectivity index (χ4n) is 1.26. The summed E-state index contributed by atoms with van der Waals surface area (Å²) in [4.78, 5) is 18.7. The second-order valence-electron chi connectivity index (χ2n) is 3.52. The molecule has 1 atom stereocenters. The number of aromatic carboxylic acids is 1. The summed E-state index contributed by atoms with van der Waals surface area (Å²) >= 11 is 1.24. The first-order valence-corrected chi connectivity index (χ1v) is 5.82. The van der Waals surface area contributed by atoms with Crippen LogP contribution in [-0.2, 0) is 0 Å². The highest BCUT2D eigenvalue weighted by Gasteiger charge is 2.14. The molecule has 0 amide bonds. The summed E-state index contributed by atoms with van der Waals surface area (Å²) in [6, 6.07) is -0.156. The molecule has 0 spiro atoms. The average molecular weight is 253 g/mol. The maximum atomic E-state index is 10.7. The molecule has 0 bridgehead atoms. The molecule has 0 fully saturated rings. The van der Waals surface area contributed by atoms with Crippen LogP contribution >= 0.6 is 11.3 Å². The Morgan fingerprint density at radius 2 is 2.41 bits per heavy atom. The number of oxazole rings is 1. The number of anilines is 1. The molecule has 2 heterocycles. The van der Waals surface area contributed by atoms with Crippen LogP contribution < -0.4 is 5.32 Å². The van der Waals surface area contributed by atoms with Crippen molar-refractivity contribution in [2.75, 3.05) is 5.32 Å². The largest absolute Gasteiger partial charge is 0.476 e. The Morgan fingerprint density at radius 1 is 1.65 bits per heavy atom. The van der Waals surface area contributed by atoms with Crippen molar-refractivity contribution in [1.82, 2.24) is 9.97 Å². The maximum Gasteiger partial charge on any atom is 0.355 e. The minimum atomic E-state index is -1.03. The van der Waals surface area contributed by atoms with Crippen molar-refractivity contribution < 1.29 is 14.3 Å². The van der Waals surface area contributed by atoms with E-state index in [1.807, 2.05) is 13.8 Å². The van der Waals surface area contributed by atoms with Gasteiger partial charge in [0.15, 0.2) is 10.8 Å². The lowest BCUT2D eigenvalue weighted by atomic mass is 10.3. The molecule has 7 heteroatoms.